The molecule has 1 aromatic carbocycles. The first-order chi connectivity index (χ1) is 14.8. The number of halogens is 3. The third-order valence-corrected chi connectivity index (χ3v) is 6.31. The van der Waals surface area contributed by atoms with Gasteiger partial charge in [-0.2, -0.15) is 18.4 Å². The minimum absolute atomic E-state index is 0.114. The highest BCUT2D eigenvalue weighted by Gasteiger charge is 2.50. The quantitative estimate of drug-likeness (QED) is 0.802. The number of alkyl halides is 3. The number of piperidine rings is 1. The molecule has 162 valence electrons. The summed E-state index contributed by atoms with van der Waals surface area (Å²) < 4.78 is 40.1. The second kappa shape index (κ2) is 7.81. The highest BCUT2D eigenvalue weighted by Crippen LogP contribution is 2.44. The van der Waals surface area contributed by atoms with Gasteiger partial charge < -0.3 is 14.9 Å². The summed E-state index contributed by atoms with van der Waals surface area (Å²) in [4.78, 5) is 24.2. The Kier molecular flexibility index (Phi) is 5.31. The van der Waals surface area contributed by atoms with Gasteiger partial charge in [-0.25, -0.2) is 4.98 Å². The van der Waals surface area contributed by atoms with Crippen LogP contribution in [0.4, 0.5) is 18.9 Å². The van der Waals surface area contributed by atoms with Gasteiger partial charge in [0, 0.05) is 55.6 Å². The molecule has 0 radical (unpaired) electrons. The maximum absolute atomic E-state index is 13.4. The SMILES string of the molecule is N#Cc1ccc(N2CC[C@@]3(CO)CN(C(=O)c4cnccn4)C[C@H]3C2)cc1C(F)(F)F. The van der Waals surface area contributed by atoms with Crippen molar-refractivity contribution in [2.75, 3.05) is 37.7 Å². The average molecular weight is 431 g/mol. The number of aromatic nitrogens is 2. The van der Waals surface area contributed by atoms with E-state index in [0.29, 0.717) is 38.3 Å². The van der Waals surface area contributed by atoms with Crippen LogP contribution in [0, 0.1) is 22.7 Å². The highest BCUT2D eigenvalue weighted by atomic mass is 19.4. The smallest absolute Gasteiger partial charge is 0.396 e. The minimum Gasteiger partial charge on any atom is -0.396 e. The molecule has 2 aliphatic heterocycles. The van der Waals surface area contributed by atoms with Crippen LogP contribution >= 0.6 is 0 Å². The fourth-order valence-corrected chi connectivity index (χ4v) is 4.56. The Morgan fingerprint density at radius 3 is 2.77 bits per heavy atom. The number of anilines is 1. The topological polar surface area (TPSA) is 93.4 Å². The van der Waals surface area contributed by atoms with E-state index in [-0.39, 0.29) is 24.1 Å². The number of benzene rings is 1. The normalized spacial score (nSPS) is 23.4. The Labute approximate surface area is 176 Å². The number of rotatable bonds is 3. The highest BCUT2D eigenvalue weighted by molar-refractivity contribution is 5.92. The Hall–Kier alpha value is -3.19. The van der Waals surface area contributed by atoms with Crippen molar-refractivity contribution in [2.24, 2.45) is 11.3 Å². The van der Waals surface area contributed by atoms with Gasteiger partial charge in [-0.3, -0.25) is 9.78 Å². The standard InChI is InChI=1S/C21H20F3N5O2/c22-21(23,24)17-7-16(2-1-14(17)8-25)28-6-3-20(13-30)12-29(11-15(20)10-28)19(31)18-9-26-4-5-27-18/h1-2,4-5,7,9,15,30H,3,6,10-13H2/t15-,20+/m1/s1. The van der Waals surface area contributed by atoms with Crippen LogP contribution in [0.2, 0.25) is 0 Å². The van der Waals surface area contributed by atoms with Crippen molar-refractivity contribution < 1.29 is 23.1 Å². The monoisotopic (exact) mass is 431 g/mol. The summed E-state index contributed by atoms with van der Waals surface area (Å²) in [6.45, 7) is 1.45. The molecule has 7 nitrogen and oxygen atoms in total. The van der Waals surface area contributed by atoms with Gasteiger partial charge in [0.1, 0.15) is 5.69 Å². The lowest BCUT2D eigenvalue weighted by Crippen LogP contribution is -2.49. The van der Waals surface area contributed by atoms with Gasteiger partial charge in [-0.1, -0.05) is 0 Å². The predicted octanol–water partition coefficient (Wildman–Crippen LogP) is 2.33. The van der Waals surface area contributed by atoms with Gasteiger partial charge in [-0.15, -0.1) is 0 Å². The second-order valence-electron chi connectivity index (χ2n) is 8.03. The van der Waals surface area contributed by atoms with Crippen molar-refractivity contribution >= 4 is 11.6 Å². The maximum Gasteiger partial charge on any atom is 0.417 e. The molecule has 0 aliphatic carbocycles. The molecule has 2 aromatic rings. The summed E-state index contributed by atoms with van der Waals surface area (Å²) in [6.07, 6.45) is 0.194. The second-order valence-corrected chi connectivity index (χ2v) is 8.03. The third-order valence-electron chi connectivity index (χ3n) is 6.31. The van der Waals surface area contributed by atoms with E-state index in [9.17, 15) is 23.1 Å². The zero-order chi connectivity index (χ0) is 22.2. The molecule has 1 amide bonds. The molecule has 1 N–H and O–H groups in total. The minimum atomic E-state index is -4.63. The summed E-state index contributed by atoms with van der Waals surface area (Å²) in [5, 5.41) is 19.1. The average Bonchev–Trinajstić information content (AvgIpc) is 3.17. The molecule has 3 heterocycles. The number of carbonyl (C=O) groups excluding carboxylic acids is 1. The van der Waals surface area contributed by atoms with E-state index >= 15 is 0 Å². The number of likely N-dealkylation sites (tertiary alicyclic amines) is 1. The van der Waals surface area contributed by atoms with Crippen LogP contribution in [-0.2, 0) is 6.18 Å². The zero-order valence-electron chi connectivity index (χ0n) is 16.5. The molecule has 2 saturated heterocycles. The van der Waals surface area contributed by atoms with E-state index in [1.54, 1.807) is 11.0 Å². The Morgan fingerprint density at radius 1 is 1.32 bits per heavy atom. The lowest BCUT2D eigenvalue weighted by atomic mass is 9.73. The molecule has 2 atom stereocenters. The molecular weight excluding hydrogens is 411 g/mol. The first kappa shape index (κ1) is 21.1. The zero-order valence-corrected chi connectivity index (χ0v) is 16.5. The first-order valence-corrected chi connectivity index (χ1v) is 9.80. The summed E-state index contributed by atoms with van der Waals surface area (Å²) in [5.74, 6) is -0.392. The van der Waals surface area contributed by atoms with Crippen LogP contribution in [-0.4, -0.2) is 58.7 Å². The van der Waals surface area contributed by atoms with Crippen molar-refractivity contribution in [1.82, 2.24) is 14.9 Å². The van der Waals surface area contributed by atoms with Gasteiger partial charge in [-0.05, 0) is 24.6 Å². The molecule has 1 aromatic heterocycles. The Morgan fingerprint density at radius 2 is 2.13 bits per heavy atom. The van der Waals surface area contributed by atoms with E-state index in [1.165, 1.54) is 30.7 Å². The largest absolute Gasteiger partial charge is 0.417 e. The Balaban J connectivity index is 1.57. The van der Waals surface area contributed by atoms with Crippen molar-refractivity contribution in [3.8, 4) is 6.07 Å². The number of hydrogen-bond acceptors (Lipinski definition) is 6. The lowest BCUT2D eigenvalue weighted by Gasteiger charge is -2.43. The van der Waals surface area contributed by atoms with Crippen molar-refractivity contribution in [1.29, 1.82) is 5.26 Å². The first-order valence-electron chi connectivity index (χ1n) is 9.80. The number of nitrogens with zero attached hydrogens (tertiary/aromatic N) is 5. The van der Waals surface area contributed by atoms with Gasteiger partial charge in [0.15, 0.2) is 0 Å². The predicted molar refractivity (Wildman–Crippen MR) is 104 cm³/mol. The fourth-order valence-electron chi connectivity index (χ4n) is 4.56. The van der Waals surface area contributed by atoms with Crippen molar-refractivity contribution in [3.63, 3.8) is 0 Å². The van der Waals surface area contributed by atoms with E-state index in [4.69, 9.17) is 5.26 Å². The van der Waals surface area contributed by atoms with Crippen LogP contribution < -0.4 is 4.90 Å². The summed E-state index contributed by atoms with van der Waals surface area (Å²) in [7, 11) is 0. The van der Waals surface area contributed by atoms with E-state index < -0.39 is 22.7 Å². The molecule has 2 aliphatic rings. The molecule has 0 spiro atoms. The molecule has 2 fully saturated rings. The molecule has 0 bridgehead atoms. The van der Waals surface area contributed by atoms with Crippen LogP contribution in [0.25, 0.3) is 0 Å². The molecule has 4 rings (SSSR count). The number of aliphatic hydroxyl groups is 1. The number of amides is 1. The van der Waals surface area contributed by atoms with E-state index in [1.807, 2.05) is 4.90 Å². The van der Waals surface area contributed by atoms with Gasteiger partial charge in [0.05, 0.1) is 30.0 Å². The lowest BCUT2D eigenvalue weighted by molar-refractivity contribution is -0.137. The number of fused-ring (bicyclic) bond motifs is 1. The van der Waals surface area contributed by atoms with Gasteiger partial charge in [0.2, 0.25) is 0 Å². The van der Waals surface area contributed by atoms with E-state index in [0.717, 1.165) is 6.07 Å². The van der Waals surface area contributed by atoms with Crippen molar-refractivity contribution in [3.05, 3.63) is 53.6 Å². The van der Waals surface area contributed by atoms with Crippen LogP contribution in [0.1, 0.15) is 28.0 Å². The number of carbonyl (C=O) groups is 1. The summed E-state index contributed by atoms with van der Waals surface area (Å²) in [6, 6.07) is 5.29. The van der Waals surface area contributed by atoms with Crippen molar-refractivity contribution in [2.45, 2.75) is 12.6 Å². The molecule has 0 unspecified atom stereocenters. The maximum atomic E-state index is 13.4. The number of nitriles is 1. The van der Waals surface area contributed by atoms with Gasteiger partial charge >= 0.3 is 6.18 Å². The van der Waals surface area contributed by atoms with E-state index in [2.05, 4.69) is 9.97 Å². The van der Waals surface area contributed by atoms with Crippen LogP contribution in [0.3, 0.4) is 0 Å². The van der Waals surface area contributed by atoms with Gasteiger partial charge in [0.25, 0.3) is 5.91 Å². The molecule has 0 saturated carbocycles. The number of hydrogen-bond donors (Lipinski definition) is 1. The number of aliphatic hydroxyl groups excluding tert-OH is 1. The molecule has 31 heavy (non-hydrogen) atoms. The molecule has 10 heteroatoms. The third kappa shape index (κ3) is 3.81. The summed E-state index contributed by atoms with van der Waals surface area (Å²) in [5.41, 5.74) is -1.30. The summed E-state index contributed by atoms with van der Waals surface area (Å²) >= 11 is 0. The van der Waals surface area contributed by atoms with Crippen LogP contribution in [0.15, 0.2) is 36.8 Å². The Bertz CT molecular complexity index is 1020. The molecular formula is C21H20F3N5O2. The van der Waals surface area contributed by atoms with Crippen LogP contribution in [0.5, 0.6) is 0 Å². The fraction of sp³-hybridized carbons (Fsp3) is 0.429.